The number of nitro groups is 1. The van der Waals surface area contributed by atoms with Gasteiger partial charge in [0.1, 0.15) is 18.1 Å². The summed E-state index contributed by atoms with van der Waals surface area (Å²) in [5.74, 6) is -0.208. The highest BCUT2D eigenvalue weighted by Gasteiger charge is 2.11. The molecule has 0 saturated heterocycles. The summed E-state index contributed by atoms with van der Waals surface area (Å²) in [6, 6.07) is 0. The van der Waals surface area contributed by atoms with Crippen LogP contribution in [0, 0.1) is 10.1 Å². The van der Waals surface area contributed by atoms with Crippen LogP contribution in [0.5, 0.6) is 0 Å². The summed E-state index contributed by atoms with van der Waals surface area (Å²) in [6.45, 7) is 3.14. The number of carbonyl (C=O) groups excluding carboxylic acids is 1. The van der Waals surface area contributed by atoms with E-state index in [0.29, 0.717) is 17.3 Å². The van der Waals surface area contributed by atoms with Crippen molar-refractivity contribution < 1.29 is 9.72 Å². The Morgan fingerprint density at radius 3 is 2.82 bits per heavy atom. The molecule has 0 aromatic carbocycles. The molecule has 2 rings (SSSR count). The fourth-order valence-corrected chi connectivity index (χ4v) is 1.99. The average Bonchev–Trinajstić information content (AvgIpc) is 3.09. The lowest BCUT2D eigenvalue weighted by Crippen LogP contribution is -2.24. The Bertz CT molecular complexity index is 680. The topological polar surface area (TPSA) is 108 Å². The number of aryl methyl sites for hydroxylation is 2. The van der Waals surface area contributed by atoms with Crippen LogP contribution in [0.4, 0.5) is 5.69 Å². The maximum atomic E-state index is 11.8. The molecule has 0 aliphatic rings. The van der Waals surface area contributed by atoms with Crippen molar-refractivity contribution >= 4 is 23.2 Å². The predicted molar refractivity (Wildman–Crippen MR) is 78.3 cm³/mol. The molecule has 0 aliphatic carbocycles. The van der Waals surface area contributed by atoms with E-state index in [1.165, 1.54) is 10.9 Å². The Kier molecular flexibility index (Phi) is 5.10. The van der Waals surface area contributed by atoms with E-state index in [4.69, 9.17) is 11.6 Å². The first-order chi connectivity index (χ1) is 10.5. The minimum atomic E-state index is -0.532. The number of aromatic nitrogens is 4. The summed E-state index contributed by atoms with van der Waals surface area (Å²) in [5.41, 5.74) is 0.504. The second-order valence-corrected chi connectivity index (χ2v) is 4.93. The third-order valence-electron chi connectivity index (χ3n) is 2.96. The van der Waals surface area contributed by atoms with Gasteiger partial charge in [0.25, 0.3) is 0 Å². The van der Waals surface area contributed by atoms with E-state index in [9.17, 15) is 14.9 Å². The van der Waals surface area contributed by atoms with E-state index >= 15 is 0 Å². The molecule has 9 nitrogen and oxygen atoms in total. The number of hydrogen-bond acceptors (Lipinski definition) is 5. The van der Waals surface area contributed by atoms with Gasteiger partial charge in [-0.15, -0.1) is 0 Å². The summed E-state index contributed by atoms with van der Waals surface area (Å²) in [7, 11) is 0. The lowest BCUT2D eigenvalue weighted by atomic mass is 10.3. The highest BCUT2D eigenvalue weighted by Crippen LogP contribution is 2.13. The van der Waals surface area contributed by atoms with E-state index in [-0.39, 0.29) is 31.1 Å². The van der Waals surface area contributed by atoms with Gasteiger partial charge in [-0.05, 0) is 6.92 Å². The molecule has 10 heteroatoms. The van der Waals surface area contributed by atoms with Crippen LogP contribution in [0.2, 0.25) is 5.02 Å². The normalized spacial score (nSPS) is 10.6. The zero-order valence-electron chi connectivity index (χ0n) is 11.9. The largest absolute Gasteiger partial charge is 0.350 e. The third kappa shape index (κ3) is 4.04. The molecule has 0 unspecified atom stereocenters. The van der Waals surface area contributed by atoms with Crippen molar-refractivity contribution in [3.8, 4) is 0 Å². The molecule has 2 heterocycles. The van der Waals surface area contributed by atoms with Crippen LogP contribution in [0.1, 0.15) is 19.0 Å². The van der Waals surface area contributed by atoms with Crippen molar-refractivity contribution in [1.82, 2.24) is 24.9 Å². The summed E-state index contributed by atoms with van der Waals surface area (Å²) in [5, 5.41) is 21.8. The number of rotatable bonds is 7. The minimum absolute atomic E-state index is 0.0997. The van der Waals surface area contributed by atoms with Crippen LogP contribution < -0.4 is 5.32 Å². The van der Waals surface area contributed by atoms with Crippen LogP contribution in [0.3, 0.4) is 0 Å². The molecular formula is C12H15ClN6O3. The highest BCUT2D eigenvalue weighted by molar-refractivity contribution is 6.31. The van der Waals surface area contributed by atoms with Gasteiger partial charge in [-0.1, -0.05) is 11.6 Å². The van der Waals surface area contributed by atoms with Gasteiger partial charge in [-0.25, -0.2) is 0 Å². The van der Waals surface area contributed by atoms with Gasteiger partial charge in [0, 0.05) is 25.7 Å². The Morgan fingerprint density at radius 2 is 2.23 bits per heavy atom. The van der Waals surface area contributed by atoms with Gasteiger partial charge < -0.3 is 5.32 Å². The molecule has 22 heavy (non-hydrogen) atoms. The van der Waals surface area contributed by atoms with Crippen LogP contribution in [0.25, 0.3) is 0 Å². The fraction of sp³-hybridized carbons (Fsp3) is 0.417. The van der Waals surface area contributed by atoms with E-state index < -0.39 is 4.92 Å². The molecule has 1 amide bonds. The monoisotopic (exact) mass is 326 g/mol. The number of halogens is 1. The molecule has 0 bridgehead atoms. The lowest BCUT2D eigenvalue weighted by molar-refractivity contribution is -0.385. The SMILES string of the molecule is CCn1cc(Cl)c(CNC(=O)CCn2cc([N+](=O)[O-])cn2)n1. The fourth-order valence-electron chi connectivity index (χ4n) is 1.77. The second-order valence-electron chi connectivity index (χ2n) is 4.52. The Labute approximate surface area is 131 Å². The molecule has 0 spiro atoms. The van der Waals surface area contributed by atoms with E-state index in [0.717, 1.165) is 6.20 Å². The molecule has 0 radical (unpaired) electrons. The molecule has 0 atom stereocenters. The van der Waals surface area contributed by atoms with E-state index in [1.807, 2.05) is 6.92 Å². The average molecular weight is 327 g/mol. The zero-order valence-corrected chi connectivity index (χ0v) is 12.7. The smallest absolute Gasteiger partial charge is 0.306 e. The Morgan fingerprint density at radius 1 is 1.45 bits per heavy atom. The van der Waals surface area contributed by atoms with Gasteiger partial charge in [0.2, 0.25) is 5.91 Å². The molecule has 0 fully saturated rings. The number of nitrogens with zero attached hydrogens (tertiary/aromatic N) is 5. The van der Waals surface area contributed by atoms with Crippen molar-refractivity contribution in [2.45, 2.75) is 33.0 Å². The maximum Gasteiger partial charge on any atom is 0.306 e. The summed E-state index contributed by atoms with van der Waals surface area (Å²) in [4.78, 5) is 21.7. The standard InChI is InChI=1S/C12H15ClN6O3/c1-2-17-8-10(13)11(16-17)6-14-12(20)3-4-18-7-9(5-15-18)19(21)22/h5,7-8H,2-4,6H2,1H3,(H,14,20). The number of carbonyl (C=O) groups is 1. The number of hydrogen-bond donors (Lipinski definition) is 1. The second kappa shape index (κ2) is 7.03. The van der Waals surface area contributed by atoms with Gasteiger partial charge in [-0.3, -0.25) is 24.3 Å². The third-order valence-corrected chi connectivity index (χ3v) is 3.28. The summed E-state index contributed by atoms with van der Waals surface area (Å²) < 4.78 is 3.04. The van der Waals surface area contributed by atoms with Gasteiger partial charge in [0.05, 0.1) is 16.5 Å². The van der Waals surface area contributed by atoms with E-state index in [1.54, 1.807) is 10.9 Å². The predicted octanol–water partition coefficient (Wildman–Crippen LogP) is 1.37. The van der Waals surface area contributed by atoms with E-state index in [2.05, 4.69) is 15.5 Å². The zero-order chi connectivity index (χ0) is 16.1. The summed E-state index contributed by atoms with van der Waals surface area (Å²) in [6.07, 6.45) is 4.29. The van der Waals surface area contributed by atoms with Gasteiger partial charge in [0.15, 0.2) is 0 Å². The lowest BCUT2D eigenvalue weighted by Gasteiger charge is -2.04. The van der Waals surface area contributed by atoms with Crippen LogP contribution in [0.15, 0.2) is 18.6 Å². The first-order valence-electron chi connectivity index (χ1n) is 6.65. The Balaban J connectivity index is 1.80. The maximum absolute atomic E-state index is 11.8. The quantitative estimate of drug-likeness (QED) is 0.610. The molecule has 118 valence electrons. The first-order valence-corrected chi connectivity index (χ1v) is 7.02. The number of nitrogens with one attached hydrogen (secondary N) is 1. The molecule has 0 aliphatic heterocycles. The molecule has 2 aromatic heterocycles. The van der Waals surface area contributed by atoms with Crippen LogP contribution in [-0.2, 0) is 24.4 Å². The van der Waals surface area contributed by atoms with Crippen molar-refractivity contribution in [1.29, 1.82) is 0 Å². The molecule has 1 N–H and O–H groups in total. The highest BCUT2D eigenvalue weighted by atomic mass is 35.5. The molecule has 0 saturated carbocycles. The Hall–Kier alpha value is -2.42. The van der Waals surface area contributed by atoms with Crippen LogP contribution >= 0.6 is 11.6 Å². The van der Waals surface area contributed by atoms with Crippen molar-refractivity contribution in [2.75, 3.05) is 0 Å². The van der Waals surface area contributed by atoms with Gasteiger partial charge >= 0.3 is 5.69 Å². The molecular weight excluding hydrogens is 312 g/mol. The van der Waals surface area contributed by atoms with Crippen LogP contribution in [-0.4, -0.2) is 30.4 Å². The number of amides is 1. The van der Waals surface area contributed by atoms with Crippen molar-refractivity contribution in [2.24, 2.45) is 0 Å². The first kappa shape index (κ1) is 16.0. The summed E-state index contributed by atoms with van der Waals surface area (Å²) >= 11 is 6.00. The van der Waals surface area contributed by atoms with Crippen molar-refractivity contribution in [3.05, 3.63) is 39.4 Å². The minimum Gasteiger partial charge on any atom is -0.350 e. The molecule has 2 aromatic rings. The van der Waals surface area contributed by atoms with Gasteiger partial charge in [-0.2, -0.15) is 10.2 Å². The van der Waals surface area contributed by atoms with Crippen molar-refractivity contribution in [3.63, 3.8) is 0 Å².